The molecule has 1 aliphatic heterocycles. The van der Waals surface area contributed by atoms with E-state index >= 15 is 0 Å². The number of aromatic nitrogens is 1. The van der Waals surface area contributed by atoms with Crippen LogP contribution in [0.15, 0.2) is 41.1 Å². The first-order valence-electron chi connectivity index (χ1n) is 6.75. The number of nitrogens with zero attached hydrogens (tertiary/aromatic N) is 1. The molecule has 1 amide bonds. The van der Waals surface area contributed by atoms with Crippen LogP contribution in [-0.4, -0.2) is 17.2 Å². The first-order valence-corrected chi connectivity index (χ1v) is 6.75. The number of fused-ring (bicyclic) bond motifs is 2. The van der Waals surface area contributed by atoms with Gasteiger partial charge in [0, 0.05) is 23.5 Å². The molecule has 2 heterocycles. The number of alkyl halides is 2. The van der Waals surface area contributed by atoms with Gasteiger partial charge in [0.05, 0.1) is 5.56 Å². The molecule has 0 bridgehead atoms. The lowest BCUT2D eigenvalue weighted by molar-refractivity contribution is -0.286. The van der Waals surface area contributed by atoms with Gasteiger partial charge in [0.2, 0.25) is 0 Å². The van der Waals surface area contributed by atoms with Crippen molar-refractivity contribution in [3.63, 3.8) is 0 Å². The minimum absolute atomic E-state index is 0.0201. The van der Waals surface area contributed by atoms with E-state index in [0.29, 0.717) is 16.8 Å². The van der Waals surface area contributed by atoms with Crippen molar-refractivity contribution in [1.29, 1.82) is 0 Å². The first-order chi connectivity index (χ1) is 11.4. The third-order valence-corrected chi connectivity index (χ3v) is 3.41. The molecule has 1 aliphatic rings. The molecule has 0 aliphatic carbocycles. The Labute approximate surface area is 133 Å². The molecule has 2 aromatic carbocycles. The zero-order valence-electron chi connectivity index (χ0n) is 11.9. The van der Waals surface area contributed by atoms with Gasteiger partial charge in [-0.25, -0.2) is 4.98 Å². The number of nitrogens with one attached hydrogen (secondary N) is 1. The molecule has 3 N–H and O–H groups in total. The number of carbonyl (C=O) groups excluding carboxylic acids is 1. The lowest BCUT2D eigenvalue weighted by atomic mass is 10.1. The smallest absolute Gasteiger partial charge is 0.443 e. The minimum atomic E-state index is -3.78. The molecule has 7 nitrogen and oxygen atoms in total. The molecule has 24 heavy (non-hydrogen) atoms. The predicted molar refractivity (Wildman–Crippen MR) is 79.0 cm³/mol. The molecule has 9 heteroatoms. The van der Waals surface area contributed by atoms with Crippen molar-refractivity contribution in [3.05, 3.63) is 42.3 Å². The van der Waals surface area contributed by atoms with Crippen molar-refractivity contribution in [1.82, 2.24) is 4.98 Å². The molecule has 3 aromatic rings. The number of hydrogen-bond acceptors (Lipinski definition) is 6. The van der Waals surface area contributed by atoms with Gasteiger partial charge in [-0.05, 0) is 18.2 Å². The number of nitrogen functional groups attached to an aromatic ring is 1. The van der Waals surface area contributed by atoms with Crippen LogP contribution < -0.4 is 20.5 Å². The highest BCUT2D eigenvalue weighted by molar-refractivity contribution is 6.08. The third kappa shape index (κ3) is 2.35. The Morgan fingerprint density at radius 2 is 1.92 bits per heavy atom. The summed E-state index contributed by atoms with van der Waals surface area (Å²) in [6, 6.07) is 7.09. The number of anilines is 2. The van der Waals surface area contributed by atoms with E-state index in [1.54, 1.807) is 18.2 Å². The zero-order chi connectivity index (χ0) is 16.9. The van der Waals surface area contributed by atoms with Crippen LogP contribution in [0.3, 0.4) is 0 Å². The quantitative estimate of drug-likeness (QED) is 0.699. The molecule has 0 unspecified atom stereocenters. The molecule has 0 saturated carbocycles. The Kier molecular flexibility index (Phi) is 2.86. The van der Waals surface area contributed by atoms with Gasteiger partial charge in [0.15, 0.2) is 23.5 Å². The number of carbonyl (C=O) groups is 1. The van der Waals surface area contributed by atoms with Crippen LogP contribution in [0, 0.1) is 0 Å². The lowest BCUT2D eigenvalue weighted by Crippen LogP contribution is -2.25. The van der Waals surface area contributed by atoms with Gasteiger partial charge < -0.3 is 24.9 Å². The second-order valence-corrected chi connectivity index (χ2v) is 5.04. The van der Waals surface area contributed by atoms with Gasteiger partial charge in [-0.15, -0.1) is 8.78 Å². The summed E-state index contributed by atoms with van der Waals surface area (Å²) in [5, 5.41) is 2.60. The lowest BCUT2D eigenvalue weighted by Gasteiger charge is -2.08. The van der Waals surface area contributed by atoms with Gasteiger partial charge in [-0.2, -0.15) is 0 Å². The second-order valence-electron chi connectivity index (χ2n) is 5.04. The Balaban J connectivity index is 1.63. The minimum Gasteiger partial charge on any atom is -0.443 e. The number of hydrogen-bond donors (Lipinski definition) is 2. The maximum Gasteiger partial charge on any atom is 0.586 e. The van der Waals surface area contributed by atoms with E-state index in [9.17, 15) is 13.6 Å². The number of ether oxygens (including phenoxy) is 2. The van der Waals surface area contributed by atoms with Gasteiger partial charge in [-0.1, -0.05) is 0 Å². The van der Waals surface area contributed by atoms with Gasteiger partial charge in [-0.3, -0.25) is 4.79 Å². The number of rotatable bonds is 2. The van der Waals surface area contributed by atoms with Crippen LogP contribution in [0.4, 0.5) is 20.2 Å². The van der Waals surface area contributed by atoms with Crippen LogP contribution >= 0.6 is 0 Å². The maximum absolute atomic E-state index is 13.1. The molecule has 0 fully saturated rings. The standard InChI is InChI=1S/C15H9F2N3O4/c16-15(17)23-12-4-8(9(18)5-13(12)24-15)14(21)20-7-1-2-10-11(3-7)22-6-19-10/h1-6H,18H2,(H,20,21). The number of amides is 1. The highest BCUT2D eigenvalue weighted by Crippen LogP contribution is 2.43. The number of benzene rings is 2. The summed E-state index contributed by atoms with van der Waals surface area (Å²) in [5.41, 5.74) is 7.27. The fraction of sp³-hybridized carbons (Fsp3) is 0.0667. The van der Waals surface area contributed by atoms with Crippen molar-refractivity contribution in [2.75, 3.05) is 11.1 Å². The van der Waals surface area contributed by atoms with E-state index in [4.69, 9.17) is 10.2 Å². The van der Waals surface area contributed by atoms with Gasteiger partial charge in [0.1, 0.15) is 5.52 Å². The summed E-state index contributed by atoms with van der Waals surface area (Å²) < 4.78 is 39.9. The highest BCUT2D eigenvalue weighted by Gasteiger charge is 2.44. The Bertz CT molecular complexity index is 971. The normalized spacial score (nSPS) is 14.8. The average Bonchev–Trinajstić information content (AvgIpc) is 3.07. The van der Waals surface area contributed by atoms with Crippen molar-refractivity contribution in [3.8, 4) is 11.5 Å². The van der Waals surface area contributed by atoms with E-state index in [2.05, 4.69) is 19.8 Å². The molecule has 0 radical (unpaired) electrons. The summed E-state index contributed by atoms with van der Waals surface area (Å²) in [6.07, 6.45) is -2.49. The van der Waals surface area contributed by atoms with Crippen LogP contribution in [-0.2, 0) is 0 Å². The summed E-state index contributed by atoms with van der Waals surface area (Å²) in [6.45, 7) is 0. The van der Waals surface area contributed by atoms with Crippen molar-refractivity contribution in [2.24, 2.45) is 0 Å². The largest absolute Gasteiger partial charge is 0.586 e. The van der Waals surface area contributed by atoms with E-state index in [1.807, 2.05) is 0 Å². The Morgan fingerprint density at radius 3 is 2.71 bits per heavy atom. The van der Waals surface area contributed by atoms with Crippen LogP contribution in [0.2, 0.25) is 0 Å². The molecule has 4 rings (SSSR count). The predicted octanol–water partition coefficient (Wildman–Crippen LogP) is 2.98. The number of nitrogens with two attached hydrogens (primary N) is 1. The summed E-state index contributed by atoms with van der Waals surface area (Å²) in [7, 11) is 0. The van der Waals surface area contributed by atoms with Gasteiger partial charge in [0.25, 0.3) is 5.91 Å². The molecule has 1 aromatic heterocycles. The van der Waals surface area contributed by atoms with Crippen LogP contribution in [0.5, 0.6) is 11.5 Å². The monoisotopic (exact) mass is 333 g/mol. The molecule has 122 valence electrons. The summed E-state index contributed by atoms with van der Waals surface area (Å²) in [5.74, 6) is -1.07. The fourth-order valence-corrected chi connectivity index (χ4v) is 2.34. The van der Waals surface area contributed by atoms with Crippen LogP contribution in [0.25, 0.3) is 11.1 Å². The molecular weight excluding hydrogens is 324 g/mol. The number of oxazole rings is 1. The summed E-state index contributed by atoms with van der Waals surface area (Å²) in [4.78, 5) is 16.3. The van der Waals surface area contributed by atoms with Crippen molar-refractivity contribution in [2.45, 2.75) is 6.29 Å². The van der Waals surface area contributed by atoms with E-state index in [0.717, 1.165) is 12.1 Å². The Hall–Kier alpha value is -3.36. The molecular formula is C15H9F2N3O4. The third-order valence-electron chi connectivity index (χ3n) is 3.41. The van der Waals surface area contributed by atoms with Crippen molar-refractivity contribution >= 4 is 28.4 Å². The van der Waals surface area contributed by atoms with E-state index < -0.39 is 12.2 Å². The van der Waals surface area contributed by atoms with E-state index in [1.165, 1.54) is 6.39 Å². The topological polar surface area (TPSA) is 99.6 Å². The van der Waals surface area contributed by atoms with Crippen molar-refractivity contribution < 1.29 is 27.5 Å². The first kappa shape index (κ1) is 14.2. The van der Waals surface area contributed by atoms with Gasteiger partial charge >= 0.3 is 6.29 Å². The zero-order valence-corrected chi connectivity index (χ0v) is 11.9. The maximum atomic E-state index is 13.1. The SMILES string of the molecule is Nc1cc2c(cc1C(=O)Nc1ccc3ncoc3c1)OC(F)(F)O2. The number of halogens is 2. The average molecular weight is 333 g/mol. The molecule has 0 saturated heterocycles. The Morgan fingerprint density at radius 1 is 1.17 bits per heavy atom. The second kappa shape index (κ2) is 4.82. The summed E-state index contributed by atoms with van der Waals surface area (Å²) >= 11 is 0. The molecule has 0 atom stereocenters. The fourth-order valence-electron chi connectivity index (χ4n) is 2.34. The molecule has 0 spiro atoms. The highest BCUT2D eigenvalue weighted by atomic mass is 19.3. The van der Waals surface area contributed by atoms with E-state index in [-0.39, 0.29) is 22.7 Å². The van der Waals surface area contributed by atoms with Crippen LogP contribution in [0.1, 0.15) is 10.4 Å².